The predicted octanol–water partition coefficient (Wildman–Crippen LogP) is 5.07. The summed E-state index contributed by atoms with van der Waals surface area (Å²) in [6, 6.07) is 9.45. The van der Waals surface area contributed by atoms with E-state index in [0.717, 1.165) is 64.2 Å². The number of hydrogen-bond donors (Lipinski definition) is 7. The van der Waals surface area contributed by atoms with Crippen molar-refractivity contribution in [3.63, 3.8) is 0 Å². The second-order valence-electron chi connectivity index (χ2n) is 14.0. The molecule has 10 nitrogen and oxygen atoms in total. The molecular weight excluding hydrogens is 626 g/mol. The van der Waals surface area contributed by atoms with Crippen LogP contribution in [0.3, 0.4) is 0 Å². The lowest BCUT2D eigenvalue weighted by atomic mass is 9.98. The lowest BCUT2D eigenvalue weighted by molar-refractivity contribution is -0.303. The van der Waals surface area contributed by atoms with Gasteiger partial charge in [-0.05, 0) is 31.2 Å². The summed E-state index contributed by atoms with van der Waals surface area (Å²) in [6.45, 7) is 1.32. The Kier molecular flexibility index (Phi) is 24.1. The average Bonchev–Trinajstić information content (AvgIpc) is 3.11. The zero-order chi connectivity index (χ0) is 35.7. The fourth-order valence-electron chi connectivity index (χ4n) is 6.51. The Labute approximate surface area is 295 Å². The molecule has 0 radical (unpaired) electrons. The minimum Gasteiger partial charge on any atom is -0.394 e. The molecule has 284 valence electrons. The van der Waals surface area contributed by atoms with Crippen molar-refractivity contribution in [3.05, 3.63) is 35.9 Å². The number of amides is 1. The van der Waals surface area contributed by atoms with Crippen LogP contribution in [0.1, 0.15) is 141 Å². The molecule has 2 rings (SSSR count). The summed E-state index contributed by atoms with van der Waals surface area (Å²) >= 11 is 0. The number of rotatable bonds is 29. The molecule has 0 aromatic heterocycles. The lowest BCUT2D eigenvalue weighted by Gasteiger charge is -2.40. The Morgan fingerprint density at radius 3 is 1.90 bits per heavy atom. The van der Waals surface area contributed by atoms with E-state index in [-0.39, 0.29) is 18.9 Å². The molecule has 49 heavy (non-hydrogen) atoms. The molecule has 1 heterocycles. The van der Waals surface area contributed by atoms with Gasteiger partial charge in [0.1, 0.15) is 30.5 Å². The zero-order valence-corrected chi connectivity index (χ0v) is 30.2. The van der Waals surface area contributed by atoms with Crippen molar-refractivity contribution < 1.29 is 44.9 Å². The van der Waals surface area contributed by atoms with Gasteiger partial charge in [0.25, 0.3) is 0 Å². The molecule has 0 saturated carbocycles. The van der Waals surface area contributed by atoms with Crippen LogP contribution in [0.15, 0.2) is 30.3 Å². The number of carbonyl (C=O) groups is 1. The van der Waals surface area contributed by atoms with Gasteiger partial charge in [0.15, 0.2) is 6.29 Å². The fourth-order valence-corrected chi connectivity index (χ4v) is 6.51. The molecule has 10 heteroatoms. The molecular formula is C39H69NO9. The molecule has 0 unspecified atom stereocenters. The Bertz CT molecular complexity index is 936. The third kappa shape index (κ3) is 18.4. The smallest absolute Gasteiger partial charge is 0.220 e. The van der Waals surface area contributed by atoms with Crippen molar-refractivity contribution in [3.8, 4) is 0 Å². The van der Waals surface area contributed by atoms with E-state index in [1.54, 1.807) is 0 Å². The summed E-state index contributed by atoms with van der Waals surface area (Å²) in [5, 5.41) is 64.8. The van der Waals surface area contributed by atoms with E-state index < -0.39 is 55.6 Å². The van der Waals surface area contributed by atoms with Crippen molar-refractivity contribution in [2.45, 2.75) is 191 Å². The highest BCUT2D eigenvalue weighted by atomic mass is 16.7. The van der Waals surface area contributed by atoms with Crippen molar-refractivity contribution in [2.75, 3.05) is 13.2 Å². The number of aliphatic hydroxyl groups is 6. The van der Waals surface area contributed by atoms with E-state index in [2.05, 4.69) is 36.5 Å². The van der Waals surface area contributed by atoms with Crippen molar-refractivity contribution in [2.24, 2.45) is 0 Å². The maximum absolute atomic E-state index is 12.9. The Morgan fingerprint density at radius 2 is 1.31 bits per heavy atom. The van der Waals surface area contributed by atoms with Gasteiger partial charge in [-0.25, -0.2) is 0 Å². The van der Waals surface area contributed by atoms with Crippen LogP contribution >= 0.6 is 0 Å². The van der Waals surface area contributed by atoms with Gasteiger partial charge in [-0.3, -0.25) is 4.79 Å². The summed E-state index contributed by atoms with van der Waals surface area (Å²) in [5.74, 6) is -0.275. The summed E-state index contributed by atoms with van der Waals surface area (Å²) in [6.07, 6.45) is 12.3. The van der Waals surface area contributed by atoms with E-state index in [0.29, 0.717) is 12.8 Å². The molecule has 1 saturated heterocycles. The largest absolute Gasteiger partial charge is 0.394 e. The van der Waals surface area contributed by atoms with Gasteiger partial charge in [0.05, 0.1) is 25.4 Å². The number of aliphatic hydroxyl groups excluding tert-OH is 6. The molecule has 1 amide bonds. The number of hydrogen-bond acceptors (Lipinski definition) is 9. The SMILES string of the molecule is CCCCCCCCCCCCCC[C@@H](O)[C@@H](O)[C@H](CO[C@H]1O[C@H](CO)[C@H](O)[C@H](O)[C@H]1O)NC(=O)CCCCCCCCc1ccccc1. The second-order valence-corrected chi connectivity index (χ2v) is 14.0. The molecule has 0 bridgehead atoms. The Balaban J connectivity index is 1.75. The highest BCUT2D eigenvalue weighted by molar-refractivity contribution is 5.76. The second kappa shape index (κ2) is 27.1. The van der Waals surface area contributed by atoms with E-state index in [4.69, 9.17) is 9.47 Å². The Morgan fingerprint density at radius 1 is 0.755 bits per heavy atom. The maximum atomic E-state index is 12.9. The monoisotopic (exact) mass is 695 g/mol. The molecule has 1 aliphatic rings. The Hall–Kier alpha value is -1.63. The molecule has 1 aromatic carbocycles. The average molecular weight is 696 g/mol. The summed E-state index contributed by atoms with van der Waals surface area (Å²) in [5.41, 5.74) is 1.35. The third-order valence-electron chi connectivity index (χ3n) is 9.76. The third-order valence-corrected chi connectivity index (χ3v) is 9.76. The van der Waals surface area contributed by atoms with E-state index in [9.17, 15) is 35.4 Å². The van der Waals surface area contributed by atoms with Crippen molar-refractivity contribution in [1.82, 2.24) is 5.32 Å². The highest BCUT2D eigenvalue weighted by Gasteiger charge is 2.44. The molecule has 1 aromatic rings. The molecule has 1 aliphatic heterocycles. The van der Waals surface area contributed by atoms with Crippen LogP contribution in [0, 0.1) is 0 Å². The molecule has 0 spiro atoms. The minimum absolute atomic E-state index is 0.266. The summed E-state index contributed by atoms with van der Waals surface area (Å²) < 4.78 is 11.1. The van der Waals surface area contributed by atoms with Crippen LogP contribution in [0.2, 0.25) is 0 Å². The number of unbranched alkanes of at least 4 members (excludes halogenated alkanes) is 16. The van der Waals surface area contributed by atoms with Crippen LogP contribution in [0.5, 0.6) is 0 Å². The van der Waals surface area contributed by atoms with Gasteiger partial charge < -0.3 is 45.4 Å². The number of benzene rings is 1. The first-order valence-corrected chi connectivity index (χ1v) is 19.4. The first-order valence-electron chi connectivity index (χ1n) is 19.4. The highest BCUT2D eigenvalue weighted by Crippen LogP contribution is 2.23. The minimum atomic E-state index is -1.61. The number of aryl methyl sites for hydroxylation is 1. The quantitative estimate of drug-likeness (QED) is 0.0566. The zero-order valence-electron chi connectivity index (χ0n) is 30.2. The van der Waals surface area contributed by atoms with Gasteiger partial charge in [-0.15, -0.1) is 0 Å². The number of ether oxygens (including phenoxy) is 2. The molecule has 0 aliphatic carbocycles. The molecule has 8 atom stereocenters. The van der Waals surface area contributed by atoms with Crippen LogP contribution in [0.25, 0.3) is 0 Å². The van der Waals surface area contributed by atoms with Crippen LogP contribution in [-0.2, 0) is 20.7 Å². The topological polar surface area (TPSA) is 169 Å². The van der Waals surface area contributed by atoms with Gasteiger partial charge in [-0.1, -0.05) is 140 Å². The van der Waals surface area contributed by atoms with Gasteiger partial charge >= 0.3 is 0 Å². The van der Waals surface area contributed by atoms with Crippen molar-refractivity contribution >= 4 is 5.91 Å². The fraction of sp³-hybridized carbons (Fsp3) is 0.821. The standard InChI is InChI=1S/C39H69NO9/c1-2-3-4-5-6-7-8-9-10-11-15-21-26-32(42)35(44)31(29-48-39-38(47)37(46)36(45)33(28-41)49-39)40-34(43)27-22-16-13-12-14-18-23-30-24-19-17-20-25-30/h17,19-20,24-25,31-33,35-39,41-42,44-47H,2-16,18,21-23,26-29H2,1H3,(H,40,43)/t31-,32+,33+,35-,36-,37-,38+,39-/m0/s1. The number of nitrogens with one attached hydrogen (secondary N) is 1. The molecule has 7 N–H and O–H groups in total. The molecule has 1 fully saturated rings. The van der Waals surface area contributed by atoms with E-state index >= 15 is 0 Å². The van der Waals surface area contributed by atoms with Crippen molar-refractivity contribution in [1.29, 1.82) is 0 Å². The number of carbonyl (C=O) groups excluding carboxylic acids is 1. The maximum Gasteiger partial charge on any atom is 0.220 e. The van der Waals surface area contributed by atoms with E-state index in [1.165, 1.54) is 56.9 Å². The first kappa shape index (κ1) is 43.5. The van der Waals surface area contributed by atoms with Gasteiger partial charge in [-0.2, -0.15) is 0 Å². The summed E-state index contributed by atoms with van der Waals surface area (Å²) in [4.78, 5) is 12.9. The summed E-state index contributed by atoms with van der Waals surface area (Å²) in [7, 11) is 0. The van der Waals surface area contributed by atoms with Gasteiger partial charge in [0.2, 0.25) is 5.91 Å². The predicted molar refractivity (Wildman–Crippen MR) is 192 cm³/mol. The van der Waals surface area contributed by atoms with Crippen LogP contribution < -0.4 is 5.32 Å². The van der Waals surface area contributed by atoms with Crippen LogP contribution in [0.4, 0.5) is 0 Å². The lowest BCUT2D eigenvalue weighted by Crippen LogP contribution is -2.60. The van der Waals surface area contributed by atoms with Crippen LogP contribution in [-0.4, -0.2) is 98.7 Å². The normalized spacial score (nSPS) is 22.9. The first-order chi connectivity index (χ1) is 23.8. The van der Waals surface area contributed by atoms with E-state index in [1.807, 2.05) is 6.07 Å². The van der Waals surface area contributed by atoms with Gasteiger partial charge in [0, 0.05) is 6.42 Å².